The van der Waals surface area contributed by atoms with Crippen LogP contribution in [-0.2, 0) is 4.79 Å². The summed E-state index contributed by atoms with van der Waals surface area (Å²) < 4.78 is 2.93. The summed E-state index contributed by atoms with van der Waals surface area (Å²) in [6.45, 7) is -0.257. The van der Waals surface area contributed by atoms with Crippen molar-refractivity contribution in [1.82, 2.24) is 29.9 Å². The Morgan fingerprint density at radius 3 is 2.56 bits per heavy atom. The van der Waals surface area contributed by atoms with E-state index in [9.17, 15) is 19.7 Å². The van der Waals surface area contributed by atoms with Crippen LogP contribution < -0.4 is 10.6 Å². The molecule has 0 spiro atoms. The first-order valence-corrected chi connectivity index (χ1v) is 9.33. The van der Waals surface area contributed by atoms with E-state index in [1.54, 1.807) is 41.3 Å². The lowest BCUT2D eigenvalue weighted by molar-refractivity contribution is -0.384. The summed E-state index contributed by atoms with van der Waals surface area (Å²) in [4.78, 5) is 38.7. The second-order valence-corrected chi connectivity index (χ2v) is 6.54. The van der Waals surface area contributed by atoms with Gasteiger partial charge in [-0.15, -0.1) is 0 Å². The van der Waals surface area contributed by atoms with Crippen LogP contribution in [0.25, 0.3) is 11.4 Å². The van der Waals surface area contributed by atoms with E-state index in [0.717, 1.165) is 5.69 Å². The second kappa shape index (κ2) is 8.87. The van der Waals surface area contributed by atoms with Crippen LogP contribution in [-0.4, -0.2) is 47.8 Å². The third-order valence-electron chi connectivity index (χ3n) is 4.37. The molecule has 0 bridgehead atoms. The number of nitro groups is 1. The zero-order valence-corrected chi connectivity index (χ0v) is 16.5. The largest absolute Gasteiger partial charge is 0.342 e. The van der Waals surface area contributed by atoms with E-state index in [1.807, 2.05) is 0 Å². The van der Waals surface area contributed by atoms with E-state index >= 15 is 0 Å². The number of amides is 2. The molecule has 2 heterocycles. The third kappa shape index (κ3) is 4.64. The summed E-state index contributed by atoms with van der Waals surface area (Å²) in [6, 6.07) is 14.3. The second-order valence-electron chi connectivity index (χ2n) is 6.54. The summed E-state index contributed by atoms with van der Waals surface area (Å²) in [6.07, 6.45) is 4.49. The fourth-order valence-corrected chi connectivity index (χ4v) is 2.83. The maximum Gasteiger partial charge on any atom is 0.272 e. The number of carbonyl (C=O) groups is 2. The molecule has 0 saturated carbocycles. The Balaban J connectivity index is 1.32. The number of benzene rings is 2. The van der Waals surface area contributed by atoms with E-state index < -0.39 is 16.7 Å². The molecule has 160 valence electrons. The van der Waals surface area contributed by atoms with Crippen LogP contribution in [0.3, 0.4) is 0 Å². The molecule has 2 N–H and O–H groups in total. The lowest BCUT2D eigenvalue weighted by Crippen LogP contribution is -2.33. The molecule has 0 atom stereocenters. The summed E-state index contributed by atoms with van der Waals surface area (Å²) >= 11 is 0. The number of carbonyl (C=O) groups excluding carboxylic acids is 2. The molecule has 0 saturated heterocycles. The highest BCUT2D eigenvalue weighted by Crippen LogP contribution is 2.16. The minimum atomic E-state index is -0.550. The Morgan fingerprint density at radius 1 is 1.03 bits per heavy atom. The first-order valence-electron chi connectivity index (χ1n) is 9.33. The van der Waals surface area contributed by atoms with Crippen molar-refractivity contribution in [3.63, 3.8) is 0 Å². The molecule has 4 aromatic rings. The van der Waals surface area contributed by atoms with E-state index in [-0.39, 0.29) is 17.9 Å². The Labute approximate surface area is 180 Å². The van der Waals surface area contributed by atoms with Crippen molar-refractivity contribution >= 4 is 23.2 Å². The van der Waals surface area contributed by atoms with E-state index in [1.165, 1.54) is 41.5 Å². The highest BCUT2D eigenvalue weighted by atomic mass is 16.6. The van der Waals surface area contributed by atoms with Gasteiger partial charge in [-0.25, -0.2) is 14.3 Å². The highest BCUT2D eigenvalue weighted by molar-refractivity contribution is 5.98. The first kappa shape index (κ1) is 20.4. The van der Waals surface area contributed by atoms with Gasteiger partial charge in [0.25, 0.3) is 11.6 Å². The van der Waals surface area contributed by atoms with Crippen molar-refractivity contribution in [2.75, 3.05) is 11.9 Å². The van der Waals surface area contributed by atoms with Crippen LogP contribution in [0.2, 0.25) is 0 Å². The number of nitrogens with one attached hydrogen (secondary N) is 2. The summed E-state index contributed by atoms with van der Waals surface area (Å²) in [7, 11) is 0. The van der Waals surface area contributed by atoms with Gasteiger partial charge in [-0.1, -0.05) is 6.07 Å². The van der Waals surface area contributed by atoms with Crippen LogP contribution in [0, 0.1) is 10.1 Å². The molecule has 0 radical (unpaired) electrons. The molecule has 12 nitrogen and oxygen atoms in total. The van der Waals surface area contributed by atoms with Gasteiger partial charge >= 0.3 is 0 Å². The maximum atomic E-state index is 12.3. The average molecular weight is 432 g/mol. The van der Waals surface area contributed by atoms with E-state index in [2.05, 4.69) is 25.8 Å². The summed E-state index contributed by atoms with van der Waals surface area (Å²) in [5.41, 5.74) is 1.76. The van der Waals surface area contributed by atoms with Gasteiger partial charge in [-0.3, -0.25) is 19.7 Å². The van der Waals surface area contributed by atoms with Crippen molar-refractivity contribution in [3.05, 3.63) is 89.3 Å². The molecule has 0 unspecified atom stereocenters. The molecular weight excluding hydrogens is 416 g/mol. The number of hydrogen-bond donors (Lipinski definition) is 2. The highest BCUT2D eigenvalue weighted by Gasteiger charge is 2.13. The predicted molar refractivity (Wildman–Crippen MR) is 113 cm³/mol. The van der Waals surface area contributed by atoms with Crippen molar-refractivity contribution in [2.24, 2.45) is 0 Å². The topological polar surface area (TPSA) is 150 Å². The van der Waals surface area contributed by atoms with E-state index in [0.29, 0.717) is 11.4 Å². The minimum Gasteiger partial charge on any atom is -0.342 e. The number of hydrogen-bond acceptors (Lipinski definition) is 7. The number of nitrogens with zero attached hydrogens (tertiary/aromatic N) is 6. The minimum absolute atomic E-state index is 0.0708. The zero-order chi connectivity index (χ0) is 22.5. The fraction of sp³-hybridized carbons (Fsp3) is 0.0500. The average Bonchev–Trinajstić information content (AvgIpc) is 3.51. The Bertz CT molecular complexity index is 1270. The molecule has 2 amide bonds. The third-order valence-corrected chi connectivity index (χ3v) is 4.37. The van der Waals surface area contributed by atoms with Gasteiger partial charge in [0.1, 0.15) is 12.7 Å². The smallest absolute Gasteiger partial charge is 0.272 e. The first-order chi connectivity index (χ1) is 15.5. The number of non-ortho nitro benzene ring substituents is 1. The number of nitro benzene ring substituents is 1. The van der Waals surface area contributed by atoms with Crippen molar-refractivity contribution in [1.29, 1.82) is 0 Å². The van der Waals surface area contributed by atoms with Crippen LogP contribution in [0.5, 0.6) is 0 Å². The summed E-state index contributed by atoms with van der Waals surface area (Å²) in [5.74, 6) is -0.962. The van der Waals surface area contributed by atoms with Gasteiger partial charge in [0.05, 0.1) is 22.8 Å². The standard InChI is InChI=1S/C20H16N8O4/c29-19(24-14-4-6-15(7-5-14)27-13-21-12-23-27)11-22-20(30)18-8-9-26(25-18)16-2-1-3-17(10-16)28(31)32/h1-10,12-13H,11H2,(H,22,30)(H,24,29). The molecule has 0 aliphatic rings. The molecule has 0 aliphatic heterocycles. The fourth-order valence-electron chi connectivity index (χ4n) is 2.83. The molecular formula is C20H16N8O4. The van der Waals surface area contributed by atoms with Gasteiger partial charge in [0, 0.05) is 24.0 Å². The van der Waals surface area contributed by atoms with Crippen molar-refractivity contribution in [3.8, 4) is 11.4 Å². The zero-order valence-electron chi connectivity index (χ0n) is 16.5. The number of rotatable bonds is 7. The lowest BCUT2D eigenvalue weighted by Gasteiger charge is -2.07. The SMILES string of the molecule is O=C(CNC(=O)c1ccn(-c2cccc([N+](=O)[O-])c2)n1)Nc1ccc(-n2cncn2)cc1. The van der Waals surface area contributed by atoms with Gasteiger partial charge < -0.3 is 10.6 Å². The molecule has 32 heavy (non-hydrogen) atoms. The van der Waals surface area contributed by atoms with Crippen LogP contribution in [0.15, 0.2) is 73.4 Å². The molecule has 12 heteroatoms. The van der Waals surface area contributed by atoms with Crippen LogP contribution >= 0.6 is 0 Å². The van der Waals surface area contributed by atoms with Crippen LogP contribution in [0.4, 0.5) is 11.4 Å². The quantitative estimate of drug-likeness (QED) is 0.333. The molecule has 2 aromatic carbocycles. The van der Waals surface area contributed by atoms with Gasteiger partial charge in [-0.2, -0.15) is 10.2 Å². The Hall–Kier alpha value is -4.87. The predicted octanol–water partition coefficient (Wildman–Crippen LogP) is 1.73. The Kier molecular flexibility index (Phi) is 5.66. The van der Waals surface area contributed by atoms with Gasteiger partial charge in [0.15, 0.2) is 5.69 Å². The summed E-state index contributed by atoms with van der Waals surface area (Å²) in [5, 5.41) is 24.2. The normalized spacial score (nSPS) is 10.5. The van der Waals surface area contributed by atoms with Gasteiger partial charge in [-0.05, 0) is 36.4 Å². The van der Waals surface area contributed by atoms with Crippen molar-refractivity contribution < 1.29 is 14.5 Å². The molecule has 0 aliphatic carbocycles. The number of anilines is 1. The lowest BCUT2D eigenvalue weighted by atomic mass is 10.3. The van der Waals surface area contributed by atoms with Gasteiger partial charge in [0.2, 0.25) is 5.91 Å². The maximum absolute atomic E-state index is 12.3. The molecule has 4 rings (SSSR count). The Morgan fingerprint density at radius 2 is 1.84 bits per heavy atom. The van der Waals surface area contributed by atoms with Crippen molar-refractivity contribution in [2.45, 2.75) is 0 Å². The number of aromatic nitrogens is 5. The van der Waals surface area contributed by atoms with E-state index in [4.69, 9.17) is 0 Å². The monoisotopic (exact) mass is 432 g/mol. The molecule has 0 fully saturated rings. The van der Waals surface area contributed by atoms with Crippen LogP contribution in [0.1, 0.15) is 10.5 Å². The molecule has 2 aromatic heterocycles.